The van der Waals surface area contributed by atoms with E-state index in [4.69, 9.17) is 5.11 Å². The summed E-state index contributed by atoms with van der Waals surface area (Å²) in [7, 11) is -3.34. The zero-order valence-electron chi connectivity index (χ0n) is 13.8. The quantitative estimate of drug-likeness (QED) is 0.814. The lowest BCUT2D eigenvalue weighted by Gasteiger charge is -2.09. The predicted octanol–water partition coefficient (Wildman–Crippen LogP) is 2.14. The first-order chi connectivity index (χ1) is 11.7. The van der Waals surface area contributed by atoms with Crippen molar-refractivity contribution in [2.75, 3.05) is 5.32 Å². The lowest BCUT2D eigenvalue weighted by molar-refractivity contribution is -0.115. The Morgan fingerprint density at radius 2 is 1.76 bits per heavy atom. The van der Waals surface area contributed by atoms with E-state index in [1.54, 1.807) is 26.0 Å². The lowest BCUT2D eigenvalue weighted by atomic mass is 10.1. The summed E-state index contributed by atoms with van der Waals surface area (Å²) >= 11 is 0. The molecule has 0 spiro atoms. The van der Waals surface area contributed by atoms with E-state index in [2.05, 4.69) is 10.3 Å². The van der Waals surface area contributed by atoms with Gasteiger partial charge < -0.3 is 10.4 Å². The van der Waals surface area contributed by atoms with Crippen LogP contribution in [0.2, 0.25) is 0 Å². The average molecular weight is 362 g/mol. The van der Waals surface area contributed by atoms with Gasteiger partial charge in [-0.3, -0.25) is 4.79 Å². The minimum absolute atomic E-state index is 0.0582. The minimum Gasteiger partial charge on any atom is -0.477 e. The molecule has 1 aromatic heterocycles. The van der Waals surface area contributed by atoms with Crippen molar-refractivity contribution in [1.29, 1.82) is 0 Å². The van der Waals surface area contributed by atoms with E-state index < -0.39 is 21.1 Å². The minimum atomic E-state index is -3.34. The molecule has 0 aliphatic heterocycles. The Morgan fingerprint density at radius 3 is 2.24 bits per heavy atom. The van der Waals surface area contributed by atoms with Crippen LogP contribution >= 0.6 is 0 Å². The van der Waals surface area contributed by atoms with Gasteiger partial charge in [-0.25, -0.2) is 18.2 Å². The van der Waals surface area contributed by atoms with Crippen LogP contribution in [0.4, 0.5) is 5.69 Å². The first kappa shape index (κ1) is 18.6. The van der Waals surface area contributed by atoms with Crippen LogP contribution in [-0.4, -0.2) is 35.6 Å². The van der Waals surface area contributed by atoms with E-state index in [1.807, 2.05) is 0 Å². The van der Waals surface area contributed by atoms with E-state index in [9.17, 15) is 18.0 Å². The number of carbonyl (C=O) groups excluding carboxylic acids is 1. The monoisotopic (exact) mass is 362 g/mol. The number of rotatable bonds is 6. The van der Waals surface area contributed by atoms with Gasteiger partial charge in [0.05, 0.1) is 28.5 Å². The Kier molecular flexibility index (Phi) is 5.53. The molecular formula is C17H18N2O5S. The Hall–Kier alpha value is -2.74. The zero-order chi connectivity index (χ0) is 18.6. The largest absolute Gasteiger partial charge is 0.477 e. The van der Waals surface area contributed by atoms with Crippen molar-refractivity contribution >= 4 is 27.4 Å². The van der Waals surface area contributed by atoms with Gasteiger partial charge in [0.25, 0.3) is 0 Å². The van der Waals surface area contributed by atoms with Crippen molar-refractivity contribution in [1.82, 2.24) is 4.98 Å². The molecule has 25 heavy (non-hydrogen) atoms. The van der Waals surface area contributed by atoms with Crippen LogP contribution in [0, 0.1) is 0 Å². The number of pyridine rings is 1. The third-order valence-corrected chi connectivity index (χ3v) is 5.67. The van der Waals surface area contributed by atoms with Crippen LogP contribution < -0.4 is 5.32 Å². The molecule has 0 saturated carbocycles. The van der Waals surface area contributed by atoms with Gasteiger partial charge in [-0.05, 0) is 43.7 Å². The van der Waals surface area contributed by atoms with Crippen LogP contribution in [0.5, 0.6) is 0 Å². The number of hydrogen-bond donors (Lipinski definition) is 2. The summed E-state index contributed by atoms with van der Waals surface area (Å²) in [6.45, 7) is 3.22. The number of carboxylic acids is 1. The summed E-state index contributed by atoms with van der Waals surface area (Å²) in [5, 5.41) is 10.9. The molecule has 2 aromatic rings. The van der Waals surface area contributed by atoms with Gasteiger partial charge in [-0.15, -0.1) is 0 Å². The number of nitrogens with one attached hydrogen (secondary N) is 1. The van der Waals surface area contributed by atoms with Gasteiger partial charge in [-0.1, -0.05) is 12.1 Å². The summed E-state index contributed by atoms with van der Waals surface area (Å²) in [5.41, 5.74) is 0.935. The molecule has 0 atom stereocenters. The second-order valence-corrected chi connectivity index (χ2v) is 8.20. The van der Waals surface area contributed by atoms with Crippen molar-refractivity contribution in [3.05, 3.63) is 53.9 Å². The number of anilines is 1. The van der Waals surface area contributed by atoms with Crippen LogP contribution in [0.3, 0.4) is 0 Å². The smallest absolute Gasteiger partial charge is 0.354 e. The Bertz CT molecular complexity index is 872. The van der Waals surface area contributed by atoms with Crippen LogP contribution in [0.1, 0.15) is 29.9 Å². The Morgan fingerprint density at radius 1 is 1.12 bits per heavy atom. The molecule has 0 aliphatic rings. The SMILES string of the molecule is CC(C)S(=O)(=O)c1ccc(CC(=O)Nc2ccc(C(=O)O)nc2)cc1. The number of carbonyl (C=O) groups is 2. The second kappa shape index (κ2) is 7.43. The van der Waals surface area contributed by atoms with Gasteiger partial charge in [0.15, 0.2) is 9.84 Å². The third-order valence-electron chi connectivity index (χ3n) is 3.50. The fraction of sp³-hybridized carbons (Fsp3) is 0.235. The van der Waals surface area contributed by atoms with Gasteiger partial charge in [0.2, 0.25) is 5.91 Å². The molecule has 1 heterocycles. The second-order valence-electron chi connectivity index (χ2n) is 5.70. The zero-order valence-corrected chi connectivity index (χ0v) is 14.6. The van der Waals surface area contributed by atoms with E-state index >= 15 is 0 Å². The summed E-state index contributed by atoms with van der Waals surface area (Å²) in [4.78, 5) is 26.7. The maximum absolute atomic E-state index is 12.1. The number of amides is 1. The highest BCUT2D eigenvalue weighted by atomic mass is 32.2. The summed E-state index contributed by atoms with van der Waals surface area (Å²) in [6.07, 6.45) is 1.32. The van der Waals surface area contributed by atoms with Gasteiger partial charge in [0, 0.05) is 0 Å². The van der Waals surface area contributed by atoms with Crippen LogP contribution in [-0.2, 0) is 21.1 Å². The normalized spacial score (nSPS) is 11.3. The molecule has 2 rings (SSSR count). The molecule has 2 N–H and O–H groups in total. The van der Waals surface area contributed by atoms with Gasteiger partial charge >= 0.3 is 5.97 Å². The molecule has 1 amide bonds. The van der Waals surface area contributed by atoms with Crippen LogP contribution in [0.15, 0.2) is 47.5 Å². The predicted molar refractivity (Wildman–Crippen MR) is 92.3 cm³/mol. The highest BCUT2D eigenvalue weighted by Crippen LogP contribution is 2.17. The van der Waals surface area contributed by atoms with E-state index in [-0.39, 0.29) is 22.9 Å². The van der Waals surface area contributed by atoms with Crippen molar-refractivity contribution in [3.8, 4) is 0 Å². The molecule has 132 valence electrons. The molecule has 0 unspecified atom stereocenters. The number of aromatic nitrogens is 1. The molecule has 0 aliphatic carbocycles. The van der Waals surface area contributed by atoms with E-state index in [0.29, 0.717) is 11.3 Å². The number of hydrogen-bond acceptors (Lipinski definition) is 5. The van der Waals surface area contributed by atoms with Crippen molar-refractivity contribution < 1.29 is 23.1 Å². The number of aromatic carboxylic acids is 1. The van der Waals surface area contributed by atoms with Crippen molar-refractivity contribution in [2.24, 2.45) is 0 Å². The van der Waals surface area contributed by atoms with Gasteiger partial charge in [-0.2, -0.15) is 0 Å². The summed E-state index contributed by atoms with van der Waals surface area (Å²) in [5.74, 6) is -1.46. The van der Waals surface area contributed by atoms with E-state index in [0.717, 1.165) is 0 Å². The number of nitrogens with zero attached hydrogens (tertiary/aromatic N) is 1. The molecule has 7 nitrogen and oxygen atoms in total. The van der Waals surface area contributed by atoms with E-state index in [1.165, 1.54) is 30.5 Å². The topological polar surface area (TPSA) is 113 Å². The molecular weight excluding hydrogens is 344 g/mol. The Balaban J connectivity index is 2.02. The van der Waals surface area contributed by atoms with Crippen molar-refractivity contribution in [2.45, 2.75) is 30.4 Å². The first-order valence-corrected chi connectivity index (χ1v) is 9.07. The standard InChI is InChI=1S/C17H18N2O5S/c1-11(2)25(23,24)14-6-3-12(4-7-14)9-16(20)19-13-5-8-15(17(21)22)18-10-13/h3-8,10-11H,9H2,1-2H3,(H,19,20)(H,21,22). The molecule has 8 heteroatoms. The highest BCUT2D eigenvalue weighted by Gasteiger charge is 2.18. The summed E-state index contributed by atoms with van der Waals surface area (Å²) in [6, 6.07) is 8.92. The third kappa shape index (κ3) is 4.63. The fourth-order valence-electron chi connectivity index (χ4n) is 2.05. The lowest BCUT2D eigenvalue weighted by Crippen LogP contribution is -2.16. The Labute approximate surface area is 145 Å². The summed E-state index contributed by atoms with van der Waals surface area (Å²) < 4.78 is 24.1. The first-order valence-electron chi connectivity index (χ1n) is 7.52. The maximum Gasteiger partial charge on any atom is 0.354 e. The molecule has 0 saturated heterocycles. The maximum atomic E-state index is 12.1. The van der Waals surface area contributed by atoms with Crippen molar-refractivity contribution in [3.63, 3.8) is 0 Å². The fourth-order valence-corrected chi connectivity index (χ4v) is 3.11. The van der Waals surface area contributed by atoms with Gasteiger partial charge in [0.1, 0.15) is 5.69 Å². The molecule has 0 fully saturated rings. The number of sulfone groups is 1. The molecule has 1 aromatic carbocycles. The number of benzene rings is 1. The number of carboxylic acid groups (broad SMARTS) is 1. The highest BCUT2D eigenvalue weighted by molar-refractivity contribution is 7.92. The average Bonchev–Trinajstić information content (AvgIpc) is 2.55. The molecule has 0 bridgehead atoms. The molecule has 0 radical (unpaired) electrons. The van der Waals surface area contributed by atoms with Crippen LogP contribution in [0.25, 0.3) is 0 Å².